The van der Waals surface area contributed by atoms with E-state index >= 15 is 0 Å². The second kappa shape index (κ2) is 6.88. The van der Waals surface area contributed by atoms with Crippen molar-refractivity contribution < 1.29 is 9.90 Å². The number of nitrogens with zero attached hydrogens (tertiary/aromatic N) is 4. The number of aromatic hydroxyl groups is 1. The van der Waals surface area contributed by atoms with Crippen LogP contribution in [0.5, 0.6) is 5.75 Å². The first-order chi connectivity index (χ1) is 13.6. The van der Waals surface area contributed by atoms with E-state index in [1.165, 1.54) is 30.5 Å². The molecule has 0 aliphatic heterocycles. The number of nitrogens with one attached hydrogen (secondary N) is 1. The lowest BCUT2D eigenvalue weighted by atomic mass is 9.97. The molecule has 0 unspecified atom stereocenters. The molecule has 0 atom stereocenters. The van der Waals surface area contributed by atoms with Gasteiger partial charge < -0.3 is 15.8 Å². The highest BCUT2D eigenvalue weighted by molar-refractivity contribution is 6.19. The Bertz CT molecular complexity index is 1200. The minimum absolute atomic E-state index is 0.0580. The molecule has 0 spiro atoms. The van der Waals surface area contributed by atoms with Gasteiger partial charge in [0.25, 0.3) is 0 Å². The zero-order chi connectivity index (χ0) is 19.7. The topological polar surface area (TPSA) is 147 Å². The van der Waals surface area contributed by atoms with E-state index in [2.05, 4.69) is 25.3 Å². The summed E-state index contributed by atoms with van der Waals surface area (Å²) in [6.45, 7) is -0.244. The summed E-state index contributed by atoms with van der Waals surface area (Å²) in [6.07, 6.45) is 3.08. The van der Waals surface area contributed by atoms with Crippen LogP contribution < -0.4 is 5.73 Å². The number of carbonyl (C=O) groups is 1. The number of rotatable bonds is 5. The number of phenolic OH excluding ortho intramolecular Hbond substituents is 1. The van der Waals surface area contributed by atoms with E-state index in [0.29, 0.717) is 39.1 Å². The fourth-order valence-corrected chi connectivity index (χ4v) is 3.05. The fourth-order valence-electron chi connectivity index (χ4n) is 3.05. The highest BCUT2D eigenvalue weighted by Crippen LogP contribution is 2.35. The maximum atomic E-state index is 13.1. The number of aromatic amines is 1. The van der Waals surface area contributed by atoms with Gasteiger partial charge in [0.2, 0.25) is 0 Å². The third-order valence-electron chi connectivity index (χ3n) is 4.33. The largest absolute Gasteiger partial charge is 0.508 e. The van der Waals surface area contributed by atoms with Gasteiger partial charge in [0.05, 0.1) is 22.6 Å². The van der Waals surface area contributed by atoms with Gasteiger partial charge in [-0.05, 0) is 36.4 Å². The summed E-state index contributed by atoms with van der Waals surface area (Å²) in [5.41, 5.74) is 8.61. The van der Waals surface area contributed by atoms with Crippen molar-refractivity contribution in [1.82, 2.24) is 20.2 Å². The van der Waals surface area contributed by atoms with Gasteiger partial charge in [-0.3, -0.25) is 9.78 Å². The third kappa shape index (κ3) is 2.84. The van der Waals surface area contributed by atoms with E-state index in [9.17, 15) is 14.8 Å². The van der Waals surface area contributed by atoms with Gasteiger partial charge in [-0.2, -0.15) is 10.0 Å². The summed E-state index contributed by atoms with van der Waals surface area (Å²) in [7, 11) is 0. The molecule has 0 aliphatic rings. The smallest absolute Gasteiger partial charge is 0.195 e. The molecule has 9 nitrogen and oxygen atoms in total. The number of aromatic nitrogens is 4. The molecule has 0 fully saturated rings. The molecule has 4 rings (SSSR count). The maximum absolute atomic E-state index is 13.1. The second-order valence-corrected chi connectivity index (χ2v) is 6.05. The zero-order valence-corrected chi connectivity index (χ0v) is 14.5. The molecule has 0 saturated carbocycles. The molecule has 0 aliphatic carbocycles. The zero-order valence-electron chi connectivity index (χ0n) is 14.5. The monoisotopic (exact) mass is 374 g/mol. The Kier molecular flexibility index (Phi) is 4.24. The molecule has 0 bridgehead atoms. The SMILES string of the molecule is Nc1cccnc1-c1c(CN=O)nnc2[nH]cc(C(=O)c3ccc(O)cc3)c12. The van der Waals surface area contributed by atoms with Gasteiger partial charge in [0.15, 0.2) is 11.4 Å². The number of nitrogen functional groups attached to an aromatic ring is 1. The van der Waals surface area contributed by atoms with Crippen LogP contribution >= 0.6 is 0 Å². The lowest BCUT2D eigenvalue weighted by Gasteiger charge is -2.10. The first kappa shape index (κ1) is 17.3. The number of benzene rings is 1. The van der Waals surface area contributed by atoms with Crippen molar-refractivity contribution in [1.29, 1.82) is 0 Å². The second-order valence-electron chi connectivity index (χ2n) is 6.05. The lowest BCUT2D eigenvalue weighted by molar-refractivity contribution is 0.104. The standard InChI is InChI=1S/C19H14N6O3/c20-13-2-1-7-21-17(13)16-14(9-23-28)24-25-19-15(16)12(8-22-19)18(27)10-3-5-11(26)6-4-10/h1-8,26H,9,20H2,(H,22,25). The number of hydrogen-bond acceptors (Lipinski definition) is 8. The molecule has 3 heterocycles. The number of carbonyl (C=O) groups excluding carboxylic acids is 1. The summed E-state index contributed by atoms with van der Waals surface area (Å²) in [4.78, 5) is 31.2. The molecular formula is C19H14N6O3. The average molecular weight is 374 g/mol. The molecule has 9 heteroatoms. The van der Waals surface area contributed by atoms with Crippen molar-refractivity contribution in [3.05, 3.63) is 70.5 Å². The van der Waals surface area contributed by atoms with Gasteiger partial charge >= 0.3 is 0 Å². The van der Waals surface area contributed by atoms with Crippen LogP contribution in [0.15, 0.2) is 54.0 Å². The highest BCUT2D eigenvalue weighted by Gasteiger charge is 2.23. The van der Waals surface area contributed by atoms with Crippen LogP contribution in [-0.2, 0) is 6.54 Å². The quantitative estimate of drug-likeness (QED) is 0.359. The Hall–Kier alpha value is -4.14. The molecule has 3 aromatic heterocycles. The lowest BCUT2D eigenvalue weighted by Crippen LogP contribution is -2.05. The van der Waals surface area contributed by atoms with E-state index in [0.717, 1.165) is 0 Å². The summed E-state index contributed by atoms with van der Waals surface area (Å²) in [5.74, 6) is -0.234. The van der Waals surface area contributed by atoms with E-state index in [1.807, 2.05) is 0 Å². The van der Waals surface area contributed by atoms with Gasteiger partial charge in [0.1, 0.15) is 12.3 Å². The summed E-state index contributed by atoms with van der Waals surface area (Å²) in [6, 6.07) is 9.26. The molecule has 1 aromatic carbocycles. The van der Waals surface area contributed by atoms with Crippen LogP contribution in [0, 0.1) is 4.91 Å². The Morgan fingerprint density at radius 3 is 2.68 bits per heavy atom. The molecule has 0 saturated heterocycles. The molecule has 0 radical (unpaired) electrons. The van der Waals surface area contributed by atoms with Crippen molar-refractivity contribution in [3.8, 4) is 17.0 Å². The van der Waals surface area contributed by atoms with Gasteiger partial charge in [-0.1, -0.05) is 5.18 Å². The number of nitroso groups, excluding NO2 is 1. The minimum Gasteiger partial charge on any atom is -0.508 e. The van der Waals surface area contributed by atoms with Crippen LogP contribution in [0.4, 0.5) is 5.69 Å². The predicted molar refractivity (Wildman–Crippen MR) is 103 cm³/mol. The molecule has 138 valence electrons. The molecule has 4 N–H and O–H groups in total. The van der Waals surface area contributed by atoms with Crippen LogP contribution in [0.3, 0.4) is 0 Å². The van der Waals surface area contributed by atoms with Crippen molar-refractivity contribution >= 4 is 22.5 Å². The van der Waals surface area contributed by atoms with Crippen molar-refractivity contribution in [2.75, 3.05) is 5.73 Å². The van der Waals surface area contributed by atoms with Crippen molar-refractivity contribution in [2.24, 2.45) is 5.18 Å². The summed E-state index contributed by atoms with van der Waals surface area (Å²) < 4.78 is 0. The van der Waals surface area contributed by atoms with Gasteiger partial charge in [-0.25, -0.2) is 0 Å². The summed E-state index contributed by atoms with van der Waals surface area (Å²) in [5, 5.41) is 20.9. The van der Waals surface area contributed by atoms with E-state index < -0.39 is 0 Å². The Morgan fingerprint density at radius 1 is 1.18 bits per heavy atom. The number of H-pyrrole nitrogens is 1. The first-order valence-electron chi connectivity index (χ1n) is 8.30. The summed E-state index contributed by atoms with van der Waals surface area (Å²) >= 11 is 0. The molecule has 28 heavy (non-hydrogen) atoms. The van der Waals surface area contributed by atoms with E-state index in [4.69, 9.17) is 5.73 Å². The number of phenols is 1. The Balaban J connectivity index is 2.00. The van der Waals surface area contributed by atoms with Crippen molar-refractivity contribution in [2.45, 2.75) is 6.54 Å². The van der Waals surface area contributed by atoms with Gasteiger partial charge in [-0.15, -0.1) is 5.10 Å². The van der Waals surface area contributed by atoms with E-state index in [-0.39, 0.29) is 23.8 Å². The third-order valence-corrected chi connectivity index (χ3v) is 4.33. The van der Waals surface area contributed by atoms with Crippen LogP contribution in [0.1, 0.15) is 21.6 Å². The number of hydrogen-bond donors (Lipinski definition) is 3. The number of fused-ring (bicyclic) bond motifs is 1. The van der Waals surface area contributed by atoms with Crippen molar-refractivity contribution in [3.63, 3.8) is 0 Å². The van der Waals surface area contributed by atoms with E-state index in [1.54, 1.807) is 18.3 Å². The Labute approximate surface area is 158 Å². The van der Waals surface area contributed by atoms with Crippen LogP contribution in [0.25, 0.3) is 22.3 Å². The minimum atomic E-state index is -0.292. The molecular weight excluding hydrogens is 360 g/mol. The Morgan fingerprint density at radius 2 is 1.96 bits per heavy atom. The number of nitrogens with two attached hydrogens (primary N) is 1. The number of ketones is 1. The predicted octanol–water partition coefficient (Wildman–Crippen LogP) is 2.81. The fraction of sp³-hybridized carbons (Fsp3) is 0.0526. The average Bonchev–Trinajstić information content (AvgIpc) is 3.13. The van der Waals surface area contributed by atoms with Crippen LogP contribution in [-0.4, -0.2) is 31.1 Å². The first-order valence-corrected chi connectivity index (χ1v) is 8.30. The highest BCUT2D eigenvalue weighted by atomic mass is 16.3. The number of anilines is 1. The molecule has 0 amide bonds. The number of pyridine rings is 1. The maximum Gasteiger partial charge on any atom is 0.195 e. The van der Waals surface area contributed by atoms with Gasteiger partial charge in [0, 0.05) is 28.9 Å². The normalized spacial score (nSPS) is 10.9. The van der Waals surface area contributed by atoms with Crippen LogP contribution in [0.2, 0.25) is 0 Å². The molecule has 4 aromatic rings.